The highest BCUT2D eigenvalue weighted by molar-refractivity contribution is 6.07. The molecule has 2 aromatic carbocycles. The van der Waals surface area contributed by atoms with Crippen molar-refractivity contribution in [2.45, 2.75) is 0 Å². The van der Waals surface area contributed by atoms with E-state index in [1.165, 1.54) is 37.5 Å². The molecule has 0 aliphatic carbocycles. The molecule has 0 bridgehead atoms. The van der Waals surface area contributed by atoms with Crippen molar-refractivity contribution >= 4 is 23.2 Å². The Morgan fingerprint density at radius 1 is 1.25 bits per heavy atom. The highest BCUT2D eigenvalue weighted by Gasteiger charge is 2.21. The smallest absolute Gasteiger partial charge is 0.293 e. The average molecular weight is 386 g/mol. The molecule has 2 aromatic rings. The van der Waals surface area contributed by atoms with Gasteiger partial charge >= 0.3 is 0 Å². The number of carbonyl (C=O) groups is 1. The monoisotopic (exact) mass is 386 g/mol. The maximum absolute atomic E-state index is 14.0. The summed E-state index contributed by atoms with van der Waals surface area (Å²) in [5.74, 6) is -0.921. The zero-order valence-corrected chi connectivity index (χ0v) is 15.3. The van der Waals surface area contributed by atoms with Crippen LogP contribution in [0.15, 0.2) is 42.5 Å². The number of morpholine rings is 1. The number of ether oxygens (including phenoxy) is 2. The lowest BCUT2D eigenvalue weighted by Crippen LogP contribution is -2.36. The minimum Gasteiger partial charge on any atom is -0.497 e. The summed E-state index contributed by atoms with van der Waals surface area (Å²) in [5, 5.41) is 11.5. The first-order valence-corrected chi connectivity index (χ1v) is 8.66. The minimum absolute atomic E-state index is 0.0490. The Labute approximate surface area is 161 Å². The van der Waals surface area contributed by atoms with Crippen LogP contribution in [0, 0.1) is 15.9 Å². The molecule has 3 rings (SSSR count). The molecule has 146 valence electrons. The van der Waals surface area contributed by atoms with Gasteiger partial charge in [-0.1, -0.05) is 12.1 Å². The van der Waals surface area contributed by atoms with Crippen molar-refractivity contribution in [3.63, 3.8) is 0 Å². The van der Waals surface area contributed by atoms with Crippen LogP contribution < -0.4 is 9.64 Å². The van der Waals surface area contributed by atoms with Gasteiger partial charge in [-0.3, -0.25) is 14.9 Å². The molecule has 0 N–H and O–H groups in total. The first-order chi connectivity index (χ1) is 13.5. The summed E-state index contributed by atoms with van der Waals surface area (Å²) >= 11 is 0. The van der Waals surface area contributed by atoms with E-state index >= 15 is 0 Å². The van der Waals surface area contributed by atoms with Crippen LogP contribution in [0.4, 0.5) is 15.8 Å². The van der Waals surface area contributed by atoms with Gasteiger partial charge in [0.2, 0.25) is 0 Å². The van der Waals surface area contributed by atoms with E-state index in [1.807, 2.05) is 4.90 Å². The van der Waals surface area contributed by atoms with Gasteiger partial charge in [0.15, 0.2) is 5.78 Å². The number of allylic oxidation sites excluding steroid dienone is 1. The van der Waals surface area contributed by atoms with Crippen molar-refractivity contribution < 1.29 is 23.6 Å². The number of rotatable bonds is 6. The van der Waals surface area contributed by atoms with Crippen molar-refractivity contribution in [3.8, 4) is 5.75 Å². The summed E-state index contributed by atoms with van der Waals surface area (Å²) in [5.41, 5.74) is 0.840. The number of nitro benzene ring substituents is 1. The lowest BCUT2D eigenvalue weighted by Gasteiger charge is -2.28. The molecule has 0 amide bonds. The SMILES string of the molecule is COc1ccc(C(=O)/C=C/c2ccc(N3CCOCC3)c([N+](=O)[O-])c2)c(F)c1. The maximum atomic E-state index is 14.0. The normalized spacial score (nSPS) is 14.3. The number of ketones is 1. The Morgan fingerprint density at radius 3 is 2.64 bits per heavy atom. The molecule has 0 aromatic heterocycles. The number of hydrogen-bond donors (Lipinski definition) is 0. The van der Waals surface area contributed by atoms with Crippen molar-refractivity contribution in [3.05, 3.63) is 69.5 Å². The van der Waals surface area contributed by atoms with Crippen LogP contribution in [0.1, 0.15) is 15.9 Å². The van der Waals surface area contributed by atoms with Crippen LogP contribution in [-0.4, -0.2) is 44.1 Å². The van der Waals surface area contributed by atoms with E-state index in [0.717, 1.165) is 6.07 Å². The van der Waals surface area contributed by atoms with Crippen LogP contribution >= 0.6 is 0 Å². The van der Waals surface area contributed by atoms with Gasteiger partial charge in [-0.15, -0.1) is 0 Å². The Morgan fingerprint density at radius 2 is 2.00 bits per heavy atom. The highest BCUT2D eigenvalue weighted by Crippen LogP contribution is 2.30. The predicted molar refractivity (Wildman–Crippen MR) is 102 cm³/mol. The van der Waals surface area contributed by atoms with Crippen LogP contribution in [-0.2, 0) is 4.74 Å². The van der Waals surface area contributed by atoms with Gasteiger partial charge in [0.25, 0.3) is 5.69 Å². The van der Waals surface area contributed by atoms with Gasteiger partial charge in [0.1, 0.15) is 17.3 Å². The largest absolute Gasteiger partial charge is 0.497 e. The summed E-state index contributed by atoms with van der Waals surface area (Å²) < 4.78 is 24.2. The summed E-state index contributed by atoms with van der Waals surface area (Å²) in [6.07, 6.45) is 2.63. The topological polar surface area (TPSA) is 81.9 Å². The molecule has 8 heteroatoms. The molecule has 1 saturated heterocycles. The van der Waals surface area contributed by atoms with Crippen molar-refractivity contribution in [2.75, 3.05) is 38.3 Å². The first kappa shape index (κ1) is 19.5. The fourth-order valence-corrected chi connectivity index (χ4v) is 2.95. The maximum Gasteiger partial charge on any atom is 0.293 e. The van der Waals surface area contributed by atoms with E-state index in [4.69, 9.17) is 9.47 Å². The molecule has 1 heterocycles. The van der Waals surface area contributed by atoms with E-state index < -0.39 is 16.5 Å². The molecule has 0 radical (unpaired) electrons. The first-order valence-electron chi connectivity index (χ1n) is 8.66. The Balaban J connectivity index is 1.82. The van der Waals surface area contributed by atoms with Crippen molar-refractivity contribution in [1.82, 2.24) is 0 Å². The summed E-state index contributed by atoms with van der Waals surface area (Å²) in [4.78, 5) is 25.2. The highest BCUT2D eigenvalue weighted by atomic mass is 19.1. The summed E-state index contributed by atoms with van der Waals surface area (Å²) in [6.45, 7) is 2.18. The number of benzene rings is 2. The van der Waals surface area contributed by atoms with E-state index in [1.54, 1.807) is 12.1 Å². The number of anilines is 1. The summed E-state index contributed by atoms with van der Waals surface area (Å²) in [6, 6.07) is 8.70. The number of methoxy groups -OCH3 is 1. The van der Waals surface area contributed by atoms with Gasteiger partial charge in [-0.25, -0.2) is 4.39 Å². The molecular formula is C20H19FN2O5. The van der Waals surface area contributed by atoms with Gasteiger partial charge in [-0.2, -0.15) is 0 Å². The van der Waals surface area contributed by atoms with Crippen LogP contribution in [0.2, 0.25) is 0 Å². The lowest BCUT2D eigenvalue weighted by atomic mass is 10.1. The molecule has 1 aliphatic heterocycles. The third kappa shape index (κ3) is 4.34. The number of hydrogen-bond acceptors (Lipinski definition) is 6. The van der Waals surface area contributed by atoms with Gasteiger partial charge < -0.3 is 14.4 Å². The fraction of sp³-hybridized carbons (Fsp3) is 0.250. The summed E-state index contributed by atoms with van der Waals surface area (Å²) in [7, 11) is 1.41. The molecule has 0 atom stereocenters. The van der Waals surface area contributed by atoms with Crippen LogP contribution in [0.3, 0.4) is 0 Å². The minimum atomic E-state index is -0.692. The second-order valence-electron chi connectivity index (χ2n) is 6.15. The average Bonchev–Trinajstić information content (AvgIpc) is 2.72. The fourth-order valence-electron chi connectivity index (χ4n) is 2.95. The third-order valence-electron chi connectivity index (χ3n) is 4.42. The molecule has 28 heavy (non-hydrogen) atoms. The second kappa shape index (κ2) is 8.62. The quantitative estimate of drug-likeness (QED) is 0.327. The second-order valence-corrected chi connectivity index (χ2v) is 6.15. The van der Waals surface area contributed by atoms with E-state index in [-0.39, 0.29) is 11.3 Å². The lowest BCUT2D eigenvalue weighted by molar-refractivity contribution is -0.384. The number of nitrogens with zero attached hydrogens (tertiary/aromatic N) is 2. The number of nitro groups is 1. The van der Waals surface area contributed by atoms with E-state index in [9.17, 15) is 19.3 Å². The Hall–Kier alpha value is -3.26. The van der Waals surface area contributed by atoms with Gasteiger partial charge in [-0.05, 0) is 29.8 Å². The van der Waals surface area contributed by atoms with Crippen molar-refractivity contribution in [1.29, 1.82) is 0 Å². The van der Waals surface area contributed by atoms with Crippen LogP contribution in [0.25, 0.3) is 6.08 Å². The van der Waals surface area contributed by atoms with Crippen molar-refractivity contribution in [2.24, 2.45) is 0 Å². The Kier molecular flexibility index (Phi) is 6.00. The standard InChI is InChI=1S/C20H19FN2O5/c1-27-15-4-5-16(17(21)13-15)20(24)7-3-14-2-6-18(19(12-14)23(25)26)22-8-10-28-11-9-22/h2-7,12-13H,8-11H2,1H3/b7-3+. The molecule has 7 nitrogen and oxygen atoms in total. The van der Waals surface area contributed by atoms with Crippen LogP contribution in [0.5, 0.6) is 5.75 Å². The molecule has 0 spiro atoms. The third-order valence-corrected chi connectivity index (χ3v) is 4.42. The molecular weight excluding hydrogens is 367 g/mol. The molecule has 0 unspecified atom stereocenters. The predicted octanol–water partition coefficient (Wildman–Crippen LogP) is 3.48. The van der Waals surface area contributed by atoms with E-state index in [2.05, 4.69) is 0 Å². The van der Waals surface area contributed by atoms with E-state index in [0.29, 0.717) is 43.3 Å². The molecule has 1 aliphatic rings. The number of carbonyl (C=O) groups excluding carboxylic acids is 1. The zero-order chi connectivity index (χ0) is 20.1. The van der Waals surface area contributed by atoms with Gasteiger partial charge in [0, 0.05) is 25.2 Å². The zero-order valence-electron chi connectivity index (χ0n) is 15.3. The Bertz CT molecular complexity index is 923. The molecule has 1 fully saturated rings. The molecule has 0 saturated carbocycles. The van der Waals surface area contributed by atoms with Gasteiger partial charge in [0.05, 0.1) is 30.8 Å². The number of halogens is 1.